The summed E-state index contributed by atoms with van der Waals surface area (Å²) in [7, 11) is 0. The van der Waals surface area contributed by atoms with Gasteiger partial charge in [-0.1, -0.05) is 0 Å². The molecule has 16 nitrogen and oxygen atoms in total. The molecule has 0 amide bonds. The van der Waals surface area contributed by atoms with Crippen LogP contribution in [0.15, 0.2) is 24.3 Å². The fourth-order valence-corrected chi connectivity index (χ4v) is 5.23. The molecule has 13 unspecified atom stereocenters. The maximum atomic E-state index is 10.6. The molecule has 0 aromatic heterocycles. The Balaban J connectivity index is 1.22. The van der Waals surface area contributed by atoms with Crippen LogP contribution in [-0.2, 0) is 23.7 Å². The molecule has 2 aromatic rings. The molecule has 0 radical (unpaired) electrons. The zero-order chi connectivity index (χ0) is 31.2. The number of aliphatic hydroxyl groups is 8. The summed E-state index contributed by atoms with van der Waals surface area (Å²) in [5.41, 5.74) is 0.663. The number of benzene rings is 2. The topological polar surface area (TPSA) is 258 Å². The highest BCUT2D eigenvalue weighted by molar-refractivity contribution is 5.98. The van der Waals surface area contributed by atoms with Crippen LogP contribution in [0.5, 0.6) is 17.2 Å². The maximum Gasteiger partial charge on any atom is 0.229 e. The SMILES string of the molecule is Cc1cc(O)c2c(OC3OC(COC4OCC(OC5OCC(O)C(O)C5O)C(O)C4O)C(O)C(O)C3O)ccc(O)c2c1. The Morgan fingerprint density at radius 2 is 1.40 bits per heavy atom. The van der Waals surface area contributed by atoms with E-state index in [1.54, 1.807) is 13.0 Å². The number of aliphatic hydroxyl groups excluding tert-OH is 8. The molecular formula is C27H36O16. The molecule has 0 aliphatic carbocycles. The molecule has 3 aliphatic rings. The number of hydrogen-bond donors (Lipinski definition) is 10. The zero-order valence-electron chi connectivity index (χ0n) is 22.9. The first-order valence-electron chi connectivity index (χ1n) is 13.6. The van der Waals surface area contributed by atoms with Crippen molar-refractivity contribution in [2.24, 2.45) is 0 Å². The quantitative estimate of drug-likeness (QED) is 0.146. The molecular weight excluding hydrogens is 580 g/mol. The minimum Gasteiger partial charge on any atom is -0.507 e. The molecule has 0 bridgehead atoms. The summed E-state index contributed by atoms with van der Waals surface area (Å²) in [4.78, 5) is 0. The average Bonchev–Trinajstić information content (AvgIpc) is 2.97. The van der Waals surface area contributed by atoms with Crippen LogP contribution in [0.25, 0.3) is 10.8 Å². The van der Waals surface area contributed by atoms with Gasteiger partial charge < -0.3 is 79.5 Å². The zero-order valence-corrected chi connectivity index (χ0v) is 22.9. The Hall–Kier alpha value is -2.42. The van der Waals surface area contributed by atoms with Crippen molar-refractivity contribution in [1.29, 1.82) is 0 Å². The smallest absolute Gasteiger partial charge is 0.229 e. The number of rotatable bonds is 7. The second-order valence-electron chi connectivity index (χ2n) is 10.9. The van der Waals surface area contributed by atoms with E-state index in [0.29, 0.717) is 5.56 Å². The molecule has 240 valence electrons. The number of phenolic OH excluding ortho intramolecular Hbond substituents is 2. The summed E-state index contributed by atoms with van der Waals surface area (Å²) >= 11 is 0. The van der Waals surface area contributed by atoms with Gasteiger partial charge in [0.05, 0.1) is 25.2 Å². The Kier molecular flexibility index (Phi) is 9.60. The monoisotopic (exact) mass is 616 g/mol. The third kappa shape index (κ3) is 6.38. The lowest BCUT2D eigenvalue weighted by Crippen LogP contribution is -2.61. The molecule has 13 atom stereocenters. The largest absolute Gasteiger partial charge is 0.507 e. The molecule has 10 N–H and O–H groups in total. The van der Waals surface area contributed by atoms with Crippen molar-refractivity contribution in [3.63, 3.8) is 0 Å². The van der Waals surface area contributed by atoms with Crippen LogP contribution in [0.1, 0.15) is 5.56 Å². The van der Waals surface area contributed by atoms with Gasteiger partial charge in [0.1, 0.15) is 78.3 Å². The van der Waals surface area contributed by atoms with E-state index in [4.69, 9.17) is 28.4 Å². The maximum absolute atomic E-state index is 10.6. The number of ether oxygens (including phenoxy) is 6. The average molecular weight is 617 g/mol. The van der Waals surface area contributed by atoms with E-state index >= 15 is 0 Å². The van der Waals surface area contributed by atoms with Gasteiger partial charge in [-0.25, -0.2) is 0 Å². The molecule has 3 saturated heterocycles. The minimum absolute atomic E-state index is 0.00639. The lowest BCUT2D eigenvalue weighted by molar-refractivity contribution is -0.335. The van der Waals surface area contributed by atoms with Gasteiger partial charge >= 0.3 is 0 Å². The van der Waals surface area contributed by atoms with Crippen molar-refractivity contribution in [3.05, 3.63) is 29.8 Å². The lowest BCUT2D eigenvalue weighted by Gasteiger charge is -2.43. The van der Waals surface area contributed by atoms with E-state index < -0.39 is 86.5 Å². The predicted molar refractivity (Wildman–Crippen MR) is 140 cm³/mol. The first-order chi connectivity index (χ1) is 20.4. The fraction of sp³-hybridized carbons (Fsp3) is 0.630. The second kappa shape index (κ2) is 12.9. The van der Waals surface area contributed by atoms with Gasteiger partial charge in [-0.3, -0.25) is 0 Å². The van der Waals surface area contributed by atoms with Crippen molar-refractivity contribution in [2.75, 3.05) is 19.8 Å². The van der Waals surface area contributed by atoms with Gasteiger partial charge in [0.2, 0.25) is 6.29 Å². The third-order valence-corrected chi connectivity index (χ3v) is 7.71. The predicted octanol–water partition coefficient (Wildman–Crippen LogP) is -3.34. The highest BCUT2D eigenvalue weighted by Gasteiger charge is 2.48. The molecule has 0 spiro atoms. The standard InChI is InChI=1S/C27H36O16/c1-9-4-10-11(28)2-3-14(17(10)12(29)5-9)41-27-24(37)21(34)19(32)15(43-27)7-39-25-23(36)20(33)16(8-40-25)42-26-22(35)18(31)13(30)6-38-26/h2-5,13,15-16,18-37H,6-8H2,1H3. The minimum atomic E-state index is -1.76. The van der Waals surface area contributed by atoms with E-state index in [9.17, 15) is 51.1 Å². The van der Waals surface area contributed by atoms with E-state index in [0.717, 1.165) is 0 Å². The number of aromatic hydroxyl groups is 2. The Morgan fingerprint density at radius 3 is 2.14 bits per heavy atom. The fourth-order valence-electron chi connectivity index (χ4n) is 5.23. The first kappa shape index (κ1) is 32.0. The van der Waals surface area contributed by atoms with Crippen molar-refractivity contribution in [3.8, 4) is 17.2 Å². The number of aryl methyl sites for hydroxylation is 1. The molecule has 3 fully saturated rings. The van der Waals surface area contributed by atoms with Crippen LogP contribution in [0.4, 0.5) is 0 Å². The molecule has 43 heavy (non-hydrogen) atoms. The van der Waals surface area contributed by atoms with Gasteiger partial charge in [-0.2, -0.15) is 0 Å². The first-order valence-corrected chi connectivity index (χ1v) is 13.6. The van der Waals surface area contributed by atoms with Gasteiger partial charge in [0, 0.05) is 5.39 Å². The van der Waals surface area contributed by atoms with Crippen LogP contribution in [0.2, 0.25) is 0 Å². The lowest BCUT2D eigenvalue weighted by atomic mass is 9.99. The summed E-state index contributed by atoms with van der Waals surface area (Å²) in [6.07, 6.45) is -20.0. The van der Waals surface area contributed by atoms with Crippen LogP contribution >= 0.6 is 0 Å². The normalized spacial score (nSPS) is 40.4. The van der Waals surface area contributed by atoms with Crippen molar-refractivity contribution >= 4 is 10.8 Å². The van der Waals surface area contributed by atoms with E-state index in [2.05, 4.69) is 0 Å². The summed E-state index contributed by atoms with van der Waals surface area (Å²) in [5.74, 6) is -0.339. The summed E-state index contributed by atoms with van der Waals surface area (Å²) in [5, 5.41) is 103. The van der Waals surface area contributed by atoms with Crippen LogP contribution in [0, 0.1) is 6.92 Å². The molecule has 5 rings (SSSR count). The molecule has 2 aromatic carbocycles. The van der Waals surface area contributed by atoms with E-state index in [1.807, 2.05) is 0 Å². The number of phenols is 2. The number of hydrogen-bond acceptors (Lipinski definition) is 16. The molecule has 3 aliphatic heterocycles. The van der Waals surface area contributed by atoms with Crippen molar-refractivity contribution < 1.29 is 79.5 Å². The molecule has 0 saturated carbocycles. The molecule has 3 heterocycles. The Bertz CT molecular complexity index is 1260. The second-order valence-corrected chi connectivity index (χ2v) is 10.9. The van der Waals surface area contributed by atoms with Crippen molar-refractivity contribution in [1.82, 2.24) is 0 Å². The van der Waals surface area contributed by atoms with Gasteiger partial charge in [-0.05, 0) is 36.8 Å². The van der Waals surface area contributed by atoms with Crippen LogP contribution < -0.4 is 4.74 Å². The summed E-state index contributed by atoms with van der Waals surface area (Å²) in [6, 6.07) is 5.70. The van der Waals surface area contributed by atoms with Gasteiger partial charge in [0.15, 0.2) is 12.6 Å². The molecule has 16 heteroatoms. The third-order valence-electron chi connectivity index (χ3n) is 7.71. The van der Waals surface area contributed by atoms with Crippen LogP contribution in [-0.4, -0.2) is 151 Å². The Morgan fingerprint density at radius 1 is 0.721 bits per heavy atom. The van der Waals surface area contributed by atoms with Crippen molar-refractivity contribution in [2.45, 2.75) is 86.8 Å². The van der Waals surface area contributed by atoms with Gasteiger partial charge in [0.25, 0.3) is 0 Å². The summed E-state index contributed by atoms with van der Waals surface area (Å²) < 4.78 is 33.0. The number of fused-ring (bicyclic) bond motifs is 1. The van der Waals surface area contributed by atoms with E-state index in [1.165, 1.54) is 18.2 Å². The van der Waals surface area contributed by atoms with E-state index in [-0.39, 0.29) is 41.2 Å². The highest BCUT2D eigenvalue weighted by Crippen LogP contribution is 2.40. The van der Waals surface area contributed by atoms with Crippen LogP contribution in [0.3, 0.4) is 0 Å². The highest BCUT2D eigenvalue weighted by atomic mass is 16.7. The summed E-state index contributed by atoms with van der Waals surface area (Å²) in [6.45, 7) is 0.514. The van der Waals surface area contributed by atoms with Gasteiger partial charge in [-0.15, -0.1) is 0 Å². The Labute approximate surface area is 244 Å².